The molecule has 3 atom stereocenters. The number of nitrogens with zero attached hydrogens (tertiary/aromatic N) is 2. The molecule has 2 fully saturated rings. The maximum absolute atomic E-state index is 12.5. The topological polar surface area (TPSA) is 36.8 Å². The van der Waals surface area contributed by atoms with E-state index >= 15 is 0 Å². The molecule has 4 rings (SSSR count). The predicted molar refractivity (Wildman–Crippen MR) is 85.8 cm³/mol. The van der Waals surface area contributed by atoms with Crippen molar-refractivity contribution in [1.29, 1.82) is 0 Å². The standard InChI is InChI=1S/C18H19N3O/c1-2-14-4-7-21-8-5-15(10-17(14)21)18(22)19-16-9-13-3-6-20(11-13)12-16/h1,4-5,7-8,10,13,16H,3,6,9,11-12H2,(H,19,22)/t13-,16-/m1/s1. The largest absolute Gasteiger partial charge is 0.348 e. The minimum atomic E-state index is -0.000767. The molecular formula is C18H19N3O. The number of hydrogen-bond acceptors (Lipinski definition) is 2. The molecular weight excluding hydrogens is 274 g/mol. The molecule has 0 spiro atoms. The monoisotopic (exact) mass is 293 g/mol. The van der Waals surface area contributed by atoms with Crippen molar-refractivity contribution in [3.8, 4) is 12.3 Å². The molecule has 2 bridgehead atoms. The lowest BCUT2D eigenvalue weighted by molar-refractivity contribution is 0.0909. The highest BCUT2D eigenvalue weighted by molar-refractivity contribution is 5.95. The van der Waals surface area contributed by atoms with E-state index in [0.717, 1.165) is 30.0 Å². The van der Waals surface area contributed by atoms with Gasteiger partial charge in [0.1, 0.15) is 0 Å². The first-order valence-electron chi connectivity index (χ1n) is 7.83. The fourth-order valence-corrected chi connectivity index (χ4v) is 3.79. The zero-order chi connectivity index (χ0) is 15.1. The third-order valence-corrected chi connectivity index (χ3v) is 4.88. The van der Waals surface area contributed by atoms with E-state index < -0.39 is 0 Å². The maximum atomic E-state index is 12.5. The smallest absolute Gasteiger partial charge is 0.251 e. The Hall–Kier alpha value is -2.25. The van der Waals surface area contributed by atoms with E-state index in [-0.39, 0.29) is 11.9 Å². The fraction of sp³-hybridized carbons (Fsp3) is 0.389. The molecule has 2 aromatic rings. The average molecular weight is 293 g/mol. The summed E-state index contributed by atoms with van der Waals surface area (Å²) >= 11 is 0. The van der Waals surface area contributed by atoms with Crippen LogP contribution in [0.1, 0.15) is 28.8 Å². The Balaban J connectivity index is 1.54. The third kappa shape index (κ3) is 2.28. The molecule has 1 N–H and O–H groups in total. The van der Waals surface area contributed by atoms with E-state index in [1.165, 1.54) is 19.5 Å². The van der Waals surface area contributed by atoms with Gasteiger partial charge in [-0.1, -0.05) is 5.92 Å². The van der Waals surface area contributed by atoms with Crippen molar-refractivity contribution in [1.82, 2.24) is 14.6 Å². The first-order valence-corrected chi connectivity index (χ1v) is 7.83. The molecule has 4 heterocycles. The zero-order valence-corrected chi connectivity index (χ0v) is 12.5. The molecule has 0 aromatic carbocycles. The average Bonchev–Trinajstić information content (AvgIpc) is 3.09. The van der Waals surface area contributed by atoms with Crippen molar-refractivity contribution in [3.05, 3.63) is 41.7 Å². The molecule has 1 unspecified atom stereocenters. The van der Waals surface area contributed by atoms with Gasteiger partial charge in [-0.3, -0.25) is 4.79 Å². The summed E-state index contributed by atoms with van der Waals surface area (Å²) < 4.78 is 1.94. The van der Waals surface area contributed by atoms with Gasteiger partial charge in [0.2, 0.25) is 0 Å². The number of carbonyl (C=O) groups excluding carboxylic acids is 1. The molecule has 0 radical (unpaired) electrons. The molecule has 2 aromatic heterocycles. The van der Waals surface area contributed by atoms with Gasteiger partial charge < -0.3 is 14.6 Å². The number of amides is 1. The summed E-state index contributed by atoms with van der Waals surface area (Å²) in [4.78, 5) is 15.0. The fourth-order valence-electron chi connectivity index (χ4n) is 3.79. The second-order valence-corrected chi connectivity index (χ2v) is 6.40. The molecule has 22 heavy (non-hydrogen) atoms. The maximum Gasteiger partial charge on any atom is 0.251 e. The Morgan fingerprint density at radius 2 is 2.18 bits per heavy atom. The van der Waals surface area contributed by atoms with Crippen LogP contribution in [0.25, 0.3) is 5.52 Å². The van der Waals surface area contributed by atoms with Crippen molar-refractivity contribution in [2.45, 2.75) is 18.9 Å². The van der Waals surface area contributed by atoms with E-state index in [9.17, 15) is 4.79 Å². The lowest BCUT2D eigenvalue weighted by atomic mass is 9.96. The van der Waals surface area contributed by atoms with Gasteiger partial charge in [0.15, 0.2) is 0 Å². The number of terminal acetylenes is 1. The highest BCUT2D eigenvalue weighted by Gasteiger charge is 2.32. The Morgan fingerprint density at radius 3 is 3.00 bits per heavy atom. The molecule has 2 aliphatic rings. The van der Waals surface area contributed by atoms with Crippen LogP contribution in [0.15, 0.2) is 30.6 Å². The molecule has 4 heteroatoms. The number of carbonyl (C=O) groups is 1. The van der Waals surface area contributed by atoms with E-state index in [1.54, 1.807) is 0 Å². The summed E-state index contributed by atoms with van der Waals surface area (Å²) in [6.07, 6.45) is 11.7. The summed E-state index contributed by atoms with van der Waals surface area (Å²) in [6, 6.07) is 5.88. The Kier molecular flexibility index (Phi) is 3.16. The van der Waals surface area contributed by atoms with Crippen LogP contribution in [0, 0.1) is 18.3 Å². The van der Waals surface area contributed by atoms with Gasteiger partial charge in [-0.2, -0.15) is 0 Å². The van der Waals surface area contributed by atoms with Crippen molar-refractivity contribution in [2.75, 3.05) is 19.6 Å². The van der Waals surface area contributed by atoms with Crippen LogP contribution in [0.3, 0.4) is 0 Å². The van der Waals surface area contributed by atoms with Gasteiger partial charge in [-0.15, -0.1) is 6.42 Å². The highest BCUT2D eigenvalue weighted by atomic mass is 16.1. The third-order valence-electron chi connectivity index (χ3n) is 4.88. The number of piperidine rings is 1. The van der Waals surface area contributed by atoms with Crippen LogP contribution >= 0.6 is 0 Å². The molecule has 4 nitrogen and oxygen atoms in total. The second-order valence-electron chi connectivity index (χ2n) is 6.40. The number of pyridine rings is 1. The van der Waals surface area contributed by atoms with E-state index in [0.29, 0.717) is 5.56 Å². The first kappa shape index (κ1) is 13.4. The van der Waals surface area contributed by atoms with Gasteiger partial charge in [0.05, 0.1) is 5.52 Å². The number of rotatable bonds is 2. The predicted octanol–water partition coefficient (Wildman–Crippen LogP) is 1.74. The summed E-state index contributed by atoms with van der Waals surface area (Å²) in [6.45, 7) is 3.36. The molecule has 0 aliphatic carbocycles. The zero-order valence-electron chi connectivity index (χ0n) is 12.5. The van der Waals surface area contributed by atoms with Crippen LogP contribution in [-0.4, -0.2) is 40.9 Å². The minimum Gasteiger partial charge on any atom is -0.348 e. The summed E-state index contributed by atoms with van der Waals surface area (Å²) in [5.74, 6) is 3.41. The van der Waals surface area contributed by atoms with Crippen LogP contribution in [-0.2, 0) is 0 Å². The van der Waals surface area contributed by atoms with Crippen LogP contribution in [0.4, 0.5) is 0 Å². The number of hydrogen-bond donors (Lipinski definition) is 1. The van der Waals surface area contributed by atoms with Gasteiger partial charge in [-0.25, -0.2) is 0 Å². The van der Waals surface area contributed by atoms with E-state index in [4.69, 9.17) is 6.42 Å². The lowest BCUT2D eigenvalue weighted by Crippen LogP contribution is -2.47. The number of fused-ring (bicyclic) bond motifs is 3. The van der Waals surface area contributed by atoms with Crippen molar-refractivity contribution >= 4 is 11.4 Å². The van der Waals surface area contributed by atoms with Crippen LogP contribution in [0.2, 0.25) is 0 Å². The number of nitrogens with one attached hydrogen (secondary N) is 1. The van der Waals surface area contributed by atoms with Crippen LogP contribution < -0.4 is 5.32 Å². The SMILES string of the molecule is C#Cc1ccn2ccc(C(=O)N[C@@H]3C[C@H]4CCN(C4)C3)cc12. The van der Waals surface area contributed by atoms with Gasteiger partial charge in [0.25, 0.3) is 5.91 Å². The molecule has 1 amide bonds. The molecule has 112 valence electrons. The minimum absolute atomic E-state index is 0.000767. The van der Waals surface area contributed by atoms with Crippen molar-refractivity contribution < 1.29 is 4.79 Å². The summed E-state index contributed by atoms with van der Waals surface area (Å²) in [5.41, 5.74) is 2.40. The quantitative estimate of drug-likeness (QED) is 0.856. The van der Waals surface area contributed by atoms with E-state index in [2.05, 4.69) is 16.1 Å². The molecule has 2 aliphatic heterocycles. The Labute approximate surface area is 130 Å². The van der Waals surface area contributed by atoms with Gasteiger partial charge >= 0.3 is 0 Å². The first-order chi connectivity index (χ1) is 10.7. The molecule has 2 saturated heterocycles. The van der Waals surface area contributed by atoms with Gasteiger partial charge in [0, 0.05) is 42.7 Å². The molecule has 0 saturated carbocycles. The van der Waals surface area contributed by atoms with E-state index in [1.807, 2.05) is 35.0 Å². The van der Waals surface area contributed by atoms with Crippen molar-refractivity contribution in [2.24, 2.45) is 5.92 Å². The lowest BCUT2D eigenvalue weighted by Gasteiger charge is -2.30. The summed E-state index contributed by atoms with van der Waals surface area (Å²) in [7, 11) is 0. The van der Waals surface area contributed by atoms with Crippen molar-refractivity contribution in [3.63, 3.8) is 0 Å². The van der Waals surface area contributed by atoms with Gasteiger partial charge in [-0.05, 0) is 43.5 Å². The van der Waals surface area contributed by atoms with Crippen LogP contribution in [0.5, 0.6) is 0 Å². The summed E-state index contributed by atoms with van der Waals surface area (Å²) in [5, 5.41) is 3.19. The Morgan fingerprint density at radius 1 is 1.32 bits per heavy atom. The normalized spacial score (nSPS) is 26.8. The highest BCUT2D eigenvalue weighted by Crippen LogP contribution is 2.26. The second kappa shape index (κ2) is 5.19. The Bertz CT molecular complexity index is 758. The number of aromatic nitrogens is 1.